The van der Waals surface area contributed by atoms with Gasteiger partial charge in [0.05, 0.1) is 20.7 Å². The van der Waals surface area contributed by atoms with Crippen molar-refractivity contribution in [3.05, 3.63) is 0 Å². The second-order valence-electron chi connectivity index (χ2n) is 6.15. The largest absolute Gasteiger partial charge is 0.393 e. The molecule has 0 fully saturated rings. The molecule has 2 atom stereocenters. The molecule has 6 nitrogen and oxygen atoms in total. The maximum Gasteiger partial charge on any atom is 0.137 e. The first-order valence-electron chi connectivity index (χ1n) is 7.39. The molecule has 0 aromatic carbocycles. The van der Waals surface area contributed by atoms with Gasteiger partial charge in [-0.1, -0.05) is 0 Å². The molecule has 0 aliphatic carbocycles. The highest BCUT2D eigenvalue weighted by atomic mass is 16.7. The lowest BCUT2D eigenvalue weighted by Crippen LogP contribution is -2.46. The predicted octanol–water partition coefficient (Wildman–Crippen LogP) is -0.332. The number of hydrogen-bond donors (Lipinski definition) is 3. The summed E-state index contributed by atoms with van der Waals surface area (Å²) in [7, 11) is 9.93. The summed E-state index contributed by atoms with van der Waals surface area (Å²) in [5.41, 5.74) is 0. The molecule has 0 aromatic rings. The smallest absolute Gasteiger partial charge is 0.137 e. The molecule has 0 aliphatic heterocycles. The third-order valence-corrected chi connectivity index (χ3v) is 3.33. The van der Waals surface area contributed by atoms with Gasteiger partial charge in [-0.25, -0.2) is 4.84 Å². The standard InChI is InChI=1S/C14H34N3O3/c1-15-13(7-6-9-16(2)3)8-10-20-17(4,5)11-14(19)12-18/h13-15,18-19H,6-12H2,1-5H3/q+1. The number of nitrogens with one attached hydrogen (secondary N) is 1. The summed E-state index contributed by atoms with van der Waals surface area (Å²) in [4.78, 5) is 7.97. The molecule has 20 heavy (non-hydrogen) atoms. The first-order valence-corrected chi connectivity index (χ1v) is 7.39. The van der Waals surface area contributed by atoms with E-state index in [1.165, 1.54) is 6.42 Å². The van der Waals surface area contributed by atoms with E-state index >= 15 is 0 Å². The fourth-order valence-corrected chi connectivity index (χ4v) is 2.15. The predicted molar refractivity (Wildman–Crippen MR) is 81.3 cm³/mol. The van der Waals surface area contributed by atoms with Crippen molar-refractivity contribution >= 4 is 0 Å². The van der Waals surface area contributed by atoms with Gasteiger partial charge >= 0.3 is 0 Å². The summed E-state index contributed by atoms with van der Waals surface area (Å²) in [5.74, 6) is 0. The summed E-state index contributed by atoms with van der Waals surface area (Å²) in [6, 6.07) is 0.456. The lowest BCUT2D eigenvalue weighted by molar-refractivity contribution is -1.08. The maximum atomic E-state index is 9.45. The molecule has 3 N–H and O–H groups in total. The van der Waals surface area contributed by atoms with Crippen LogP contribution in [0.1, 0.15) is 19.3 Å². The van der Waals surface area contributed by atoms with Crippen LogP contribution in [0.5, 0.6) is 0 Å². The van der Waals surface area contributed by atoms with Crippen molar-refractivity contribution < 1.29 is 19.7 Å². The van der Waals surface area contributed by atoms with Crippen LogP contribution < -0.4 is 5.32 Å². The fourth-order valence-electron chi connectivity index (χ4n) is 2.15. The molecule has 0 saturated heterocycles. The average Bonchev–Trinajstić information content (AvgIpc) is 2.35. The molecule has 0 aliphatic rings. The molecule has 0 bridgehead atoms. The Morgan fingerprint density at radius 2 is 1.90 bits per heavy atom. The van der Waals surface area contributed by atoms with Gasteiger partial charge in [0.15, 0.2) is 0 Å². The number of quaternary nitrogens is 1. The quantitative estimate of drug-likeness (QED) is 0.339. The molecule has 0 amide bonds. The monoisotopic (exact) mass is 292 g/mol. The first kappa shape index (κ1) is 19.8. The van der Waals surface area contributed by atoms with Gasteiger partial charge in [0.25, 0.3) is 0 Å². The van der Waals surface area contributed by atoms with Crippen LogP contribution in [-0.2, 0) is 4.84 Å². The molecule has 2 unspecified atom stereocenters. The zero-order valence-corrected chi connectivity index (χ0v) is 13.8. The Bertz CT molecular complexity index is 238. The topological polar surface area (TPSA) is 65.0 Å². The maximum absolute atomic E-state index is 9.45. The second kappa shape index (κ2) is 10.5. The normalized spacial score (nSPS) is 15.6. The third kappa shape index (κ3) is 10.5. The van der Waals surface area contributed by atoms with Crippen LogP contribution in [-0.4, -0.2) is 93.4 Å². The SMILES string of the molecule is CNC(CCCN(C)C)CCO[N+](C)(C)CC(O)CO. The van der Waals surface area contributed by atoms with E-state index in [2.05, 4.69) is 24.3 Å². The Morgan fingerprint density at radius 1 is 1.25 bits per heavy atom. The van der Waals surface area contributed by atoms with E-state index in [0.29, 0.717) is 19.2 Å². The van der Waals surface area contributed by atoms with Crippen molar-refractivity contribution in [3.8, 4) is 0 Å². The number of hydrogen-bond acceptors (Lipinski definition) is 5. The van der Waals surface area contributed by atoms with Crippen molar-refractivity contribution in [3.63, 3.8) is 0 Å². The summed E-state index contributed by atoms with van der Waals surface area (Å²) >= 11 is 0. The number of aliphatic hydroxyl groups excluding tert-OH is 2. The van der Waals surface area contributed by atoms with E-state index in [1.807, 2.05) is 21.1 Å². The van der Waals surface area contributed by atoms with Gasteiger partial charge in [-0.15, -0.1) is 0 Å². The Labute approximate surface area is 123 Å². The third-order valence-electron chi connectivity index (χ3n) is 3.33. The van der Waals surface area contributed by atoms with Gasteiger partial charge in [-0.3, -0.25) is 0 Å². The van der Waals surface area contributed by atoms with Gasteiger partial charge < -0.3 is 20.4 Å². The minimum Gasteiger partial charge on any atom is -0.393 e. The highest BCUT2D eigenvalue weighted by Gasteiger charge is 2.22. The minimum atomic E-state index is -0.731. The summed E-state index contributed by atoms with van der Waals surface area (Å²) in [6.45, 7) is 1.90. The molecule has 6 heteroatoms. The zero-order chi connectivity index (χ0) is 15.6. The Hall–Kier alpha value is -0.240. The zero-order valence-electron chi connectivity index (χ0n) is 13.8. The van der Waals surface area contributed by atoms with Crippen molar-refractivity contribution in [2.45, 2.75) is 31.4 Å². The number of nitrogens with zero attached hydrogens (tertiary/aromatic N) is 2. The lowest BCUT2D eigenvalue weighted by Gasteiger charge is -2.29. The van der Waals surface area contributed by atoms with Crippen LogP contribution in [0.15, 0.2) is 0 Å². The van der Waals surface area contributed by atoms with Crippen LogP contribution in [0.4, 0.5) is 0 Å². The van der Waals surface area contributed by atoms with Crippen molar-refractivity contribution in [1.82, 2.24) is 10.2 Å². The summed E-state index contributed by atoms with van der Waals surface area (Å²) in [5, 5.41) is 21.6. The van der Waals surface area contributed by atoms with Crippen LogP contribution in [0, 0.1) is 0 Å². The molecule has 0 heterocycles. The number of likely N-dealkylation sites (N-methyl/N-ethyl adjacent to an activating group) is 1. The van der Waals surface area contributed by atoms with Crippen molar-refractivity contribution in [2.75, 3.05) is 61.5 Å². The summed E-state index contributed by atoms with van der Waals surface area (Å²) in [6.07, 6.45) is 2.51. The van der Waals surface area contributed by atoms with Gasteiger partial charge in [-0.2, -0.15) is 4.65 Å². The van der Waals surface area contributed by atoms with Gasteiger partial charge in [0.2, 0.25) is 0 Å². The minimum absolute atomic E-state index is 0.227. The van der Waals surface area contributed by atoms with E-state index in [9.17, 15) is 5.11 Å². The van der Waals surface area contributed by atoms with Gasteiger partial charge in [0, 0.05) is 6.04 Å². The van der Waals surface area contributed by atoms with Gasteiger partial charge in [0.1, 0.15) is 19.3 Å². The fraction of sp³-hybridized carbons (Fsp3) is 1.00. The Morgan fingerprint density at radius 3 is 2.40 bits per heavy atom. The van der Waals surface area contributed by atoms with Gasteiger partial charge in [-0.05, 0) is 47.0 Å². The highest BCUT2D eigenvalue weighted by molar-refractivity contribution is 4.64. The number of aliphatic hydroxyl groups is 2. The average molecular weight is 292 g/mol. The van der Waals surface area contributed by atoms with Crippen LogP contribution >= 0.6 is 0 Å². The van der Waals surface area contributed by atoms with E-state index in [1.54, 1.807) is 0 Å². The molecule has 0 spiro atoms. The van der Waals surface area contributed by atoms with Crippen LogP contribution in [0.25, 0.3) is 0 Å². The molecular formula is C14H34N3O3+. The van der Waals surface area contributed by atoms with Crippen LogP contribution in [0.2, 0.25) is 0 Å². The molecule has 122 valence electrons. The second-order valence-corrected chi connectivity index (χ2v) is 6.15. The summed E-state index contributed by atoms with van der Waals surface area (Å²) < 4.78 is 0.260. The van der Waals surface area contributed by atoms with E-state index in [0.717, 1.165) is 19.4 Å². The van der Waals surface area contributed by atoms with E-state index in [4.69, 9.17) is 9.94 Å². The van der Waals surface area contributed by atoms with Crippen LogP contribution in [0.3, 0.4) is 0 Å². The van der Waals surface area contributed by atoms with E-state index < -0.39 is 6.10 Å². The van der Waals surface area contributed by atoms with Crippen molar-refractivity contribution in [1.29, 1.82) is 0 Å². The molecule has 0 aromatic heterocycles. The number of rotatable bonds is 12. The molecule has 0 saturated carbocycles. The van der Waals surface area contributed by atoms with E-state index in [-0.39, 0.29) is 11.3 Å². The number of hydroxylamine groups is 3. The highest BCUT2D eigenvalue weighted by Crippen LogP contribution is 2.07. The molecular weight excluding hydrogens is 258 g/mol. The Balaban J connectivity index is 3.88. The first-order chi connectivity index (χ1) is 9.30. The Kier molecular flexibility index (Phi) is 10.4. The lowest BCUT2D eigenvalue weighted by atomic mass is 10.1. The van der Waals surface area contributed by atoms with Crippen molar-refractivity contribution in [2.24, 2.45) is 0 Å². The molecule has 0 rings (SSSR count). The molecule has 0 radical (unpaired) electrons.